The molecule has 4 rings (SSSR count). The molecule has 0 radical (unpaired) electrons. The monoisotopic (exact) mass is 487 g/mol. The Morgan fingerprint density at radius 3 is 2.49 bits per heavy atom. The van der Waals surface area contributed by atoms with E-state index in [0.29, 0.717) is 17.4 Å². The van der Waals surface area contributed by atoms with Crippen LogP contribution in [0, 0.1) is 0 Å². The molecule has 4 nitrogen and oxygen atoms in total. The normalized spacial score (nSPS) is 11.6. The van der Waals surface area contributed by atoms with E-state index >= 15 is 0 Å². The quantitative estimate of drug-likeness (QED) is 0.240. The maximum atomic E-state index is 12.8. The minimum absolute atomic E-state index is 0.184. The van der Waals surface area contributed by atoms with Crippen LogP contribution in [-0.2, 0) is 11.2 Å². The first-order valence-electron chi connectivity index (χ1n) is 12.0. The highest BCUT2D eigenvalue weighted by Gasteiger charge is 2.15. The van der Waals surface area contributed by atoms with Crippen molar-refractivity contribution in [2.24, 2.45) is 0 Å². The number of nitrogens with one attached hydrogen (secondary N) is 1. The summed E-state index contributed by atoms with van der Waals surface area (Å²) in [5, 5.41) is 4.59. The van der Waals surface area contributed by atoms with Crippen LogP contribution in [0.1, 0.15) is 44.7 Å². The van der Waals surface area contributed by atoms with Crippen molar-refractivity contribution in [3.8, 4) is 16.9 Å². The smallest absolute Gasteiger partial charge is 0.248 e. The largest absolute Gasteiger partial charge is 0.493 e. The van der Waals surface area contributed by atoms with Crippen LogP contribution in [0.3, 0.4) is 0 Å². The van der Waals surface area contributed by atoms with Crippen molar-refractivity contribution in [1.82, 2.24) is 0 Å². The lowest BCUT2D eigenvalue weighted by Crippen LogP contribution is -2.08. The number of anilines is 1. The Morgan fingerprint density at radius 2 is 1.80 bits per heavy atom. The molecule has 0 saturated carbocycles. The van der Waals surface area contributed by atoms with Crippen LogP contribution in [-0.4, -0.2) is 12.5 Å². The van der Waals surface area contributed by atoms with Crippen LogP contribution in [0.4, 0.5) is 5.69 Å². The number of aryl methyl sites for hydroxylation is 1. The first kappa shape index (κ1) is 24.6. The van der Waals surface area contributed by atoms with Crippen LogP contribution in [0.25, 0.3) is 27.7 Å². The zero-order valence-corrected chi connectivity index (χ0v) is 21.1. The zero-order chi connectivity index (χ0) is 24.8. The summed E-state index contributed by atoms with van der Waals surface area (Å²) in [6.45, 7) is 6.54. The number of unbranched alkanes of at least 4 members (excludes halogenated alkanes) is 1. The lowest BCUT2D eigenvalue weighted by Gasteiger charge is -2.12. The third-order valence-electron chi connectivity index (χ3n) is 5.94. The van der Waals surface area contributed by atoms with Crippen molar-refractivity contribution in [3.05, 3.63) is 89.2 Å². The second kappa shape index (κ2) is 11.3. The Balaban J connectivity index is 1.62. The molecule has 0 fully saturated rings. The predicted molar refractivity (Wildman–Crippen MR) is 145 cm³/mol. The summed E-state index contributed by atoms with van der Waals surface area (Å²) in [4.78, 5) is 12.8. The molecule has 1 N–H and O–H groups in total. The van der Waals surface area contributed by atoms with Crippen LogP contribution >= 0.6 is 11.6 Å². The molecule has 0 spiro atoms. The molecule has 4 aromatic rings. The average Bonchev–Trinajstić information content (AvgIpc) is 3.26. The summed E-state index contributed by atoms with van der Waals surface area (Å²) >= 11 is 6.06. The molecule has 1 aromatic heterocycles. The van der Waals surface area contributed by atoms with Crippen LogP contribution in [0.5, 0.6) is 5.75 Å². The number of hydrogen-bond acceptors (Lipinski definition) is 3. The number of amides is 1. The van der Waals surface area contributed by atoms with Crippen molar-refractivity contribution >= 4 is 39.7 Å². The number of allylic oxidation sites excluding steroid dienone is 1. The van der Waals surface area contributed by atoms with Gasteiger partial charge in [0.2, 0.25) is 5.91 Å². The van der Waals surface area contributed by atoms with Gasteiger partial charge in [0.15, 0.2) is 0 Å². The molecule has 5 heteroatoms. The number of carbonyl (C=O) groups excluding carboxylic acids is 1. The molecule has 1 amide bonds. The predicted octanol–water partition coefficient (Wildman–Crippen LogP) is 8.54. The molecular weight excluding hydrogens is 458 g/mol. The van der Waals surface area contributed by atoms with Crippen LogP contribution in [0.2, 0.25) is 5.02 Å². The van der Waals surface area contributed by atoms with Crippen molar-refractivity contribution < 1.29 is 13.9 Å². The number of carbonyl (C=O) groups is 1. The molecule has 3 aromatic carbocycles. The summed E-state index contributed by atoms with van der Waals surface area (Å²) < 4.78 is 11.7. The summed E-state index contributed by atoms with van der Waals surface area (Å²) in [6.07, 6.45) is 6.73. The average molecular weight is 488 g/mol. The molecule has 0 bridgehead atoms. The van der Waals surface area contributed by atoms with Gasteiger partial charge in [-0.15, -0.1) is 0 Å². The lowest BCUT2D eigenvalue weighted by molar-refractivity contribution is -0.111. The van der Waals surface area contributed by atoms with Gasteiger partial charge in [-0.2, -0.15) is 0 Å². The molecule has 0 atom stereocenters. The first-order valence-corrected chi connectivity index (χ1v) is 12.4. The SMILES string of the molecule is CCCCc1ccc(NC(=O)/C=C(\C)c2cc3c(-c4ccc(Cl)cc4)coc3cc2OCC)cc1. The molecule has 0 aliphatic heterocycles. The fraction of sp³-hybridized carbons (Fsp3) is 0.233. The van der Waals surface area contributed by atoms with Gasteiger partial charge in [-0.1, -0.05) is 49.2 Å². The van der Waals surface area contributed by atoms with Gasteiger partial charge in [0, 0.05) is 39.4 Å². The Bertz CT molecular complexity index is 1330. The van der Waals surface area contributed by atoms with Gasteiger partial charge in [-0.3, -0.25) is 4.79 Å². The number of halogens is 1. The molecular formula is C30H30ClNO3. The van der Waals surface area contributed by atoms with Gasteiger partial charge >= 0.3 is 0 Å². The minimum Gasteiger partial charge on any atom is -0.493 e. The van der Waals surface area contributed by atoms with Crippen molar-refractivity contribution in [1.29, 1.82) is 0 Å². The van der Waals surface area contributed by atoms with Gasteiger partial charge in [0.05, 0.1) is 12.9 Å². The Labute approximate surface area is 211 Å². The van der Waals surface area contributed by atoms with Crippen LogP contribution in [0.15, 0.2) is 77.4 Å². The first-order chi connectivity index (χ1) is 17.0. The number of benzene rings is 3. The Kier molecular flexibility index (Phi) is 7.94. The minimum atomic E-state index is -0.184. The van der Waals surface area contributed by atoms with Gasteiger partial charge in [-0.25, -0.2) is 0 Å². The molecule has 1 heterocycles. The number of fused-ring (bicyclic) bond motifs is 1. The molecule has 0 aliphatic carbocycles. The molecule has 35 heavy (non-hydrogen) atoms. The van der Waals surface area contributed by atoms with E-state index in [2.05, 4.69) is 24.4 Å². The van der Waals surface area contributed by atoms with Crippen molar-refractivity contribution in [3.63, 3.8) is 0 Å². The number of hydrogen-bond donors (Lipinski definition) is 1. The zero-order valence-electron chi connectivity index (χ0n) is 20.4. The topological polar surface area (TPSA) is 51.5 Å². The maximum absolute atomic E-state index is 12.8. The van der Waals surface area contributed by atoms with Crippen LogP contribution < -0.4 is 10.1 Å². The molecule has 0 saturated heterocycles. The molecule has 180 valence electrons. The summed E-state index contributed by atoms with van der Waals surface area (Å²) in [7, 11) is 0. The van der Waals surface area contributed by atoms with Gasteiger partial charge in [0.25, 0.3) is 0 Å². The standard InChI is InChI=1S/C30H30ClNO3/c1-4-6-7-21-8-14-24(15-9-21)32-30(33)16-20(3)25-17-26-27(22-10-12-23(31)13-11-22)19-35-29(26)18-28(25)34-5-2/h8-19H,4-7H2,1-3H3,(H,32,33)/b20-16+. The second-order valence-corrected chi connectivity index (χ2v) is 8.99. The Hall–Kier alpha value is -3.50. The third-order valence-corrected chi connectivity index (χ3v) is 6.20. The van der Waals surface area contributed by atoms with E-state index in [0.717, 1.165) is 58.2 Å². The fourth-order valence-electron chi connectivity index (χ4n) is 4.08. The maximum Gasteiger partial charge on any atom is 0.248 e. The number of furan rings is 1. The lowest BCUT2D eigenvalue weighted by atomic mass is 9.99. The Morgan fingerprint density at radius 1 is 1.06 bits per heavy atom. The fourth-order valence-corrected chi connectivity index (χ4v) is 4.21. The second-order valence-electron chi connectivity index (χ2n) is 8.55. The van der Waals surface area contributed by atoms with Crippen molar-refractivity contribution in [2.75, 3.05) is 11.9 Å². The number of ether oxygens (including phenoxy) is 1. The van der Waals surface area contributed by atoms with E-state index in [9.17, 15) is 4.79 Å². The van der Waals surface area contributed by atoms with Gasteiger partial charge < -0.3 is 14.5 Å². The molecule has 0 unspecified atom stereocenters. The van der Waals surface area contributed by atoms with E-state index < -0.39 is 0 Å². The van der Waals surface area contributed by atoms with E-state index in [1.54, 1.807) is 12.3 Å². The van der Waals surface area contributed by atoms with Gasteiger partial charge in [-0.05, 0) is 73.7 Å². The third kappa shape index (κ3) is 5.95. The van der Waals surface area contributed by atoms with Crippen molar-refractivity contribution in [2.45, 2.75) is 40.0 Å². The molecule has 0 aliphatic rings. The summed E-state index contributed by atoms with van der Waals surface area (Å²) in [6, 6.07) is 19.6. The van der Waals surface area contributed by atoms with E-state index in [4.69, 9.17) is 20.8 Å². The van der Waals surface area contributed by atoms with E-state index in [-0.39, 0.29) is 5.91 Å². The van der Waals surface area contributed by atoms with E-state index in [1.165, 1.54) is 5.56 Å². The highest BCUT2D eigenvalue weighted by molar-refractivity contribution is 6.30. The number of rotatable bonds is 9. The highest BCUT2D eigenvalue weighted by Crippen LogP contribution is 2.37. The van der Waals surface area contributed by atoms with E-state index in [1.807, 2.05) is 62.4 Å². The summed E-state index contributed by atoms with van der Waals surface area (Å²) in [5.74, 6) is 0.496. The van der Waals surface area contributed by atoms with Gasteiger partial charge in [0.1, 0.15) is 11.3 Å². The summed E-state index contributed by atoms with van der Waals surface area (Å²) in [5.41, 5.74) is 6.40. The highest BCUT2D eigenvalue weighted by atomic mass is 35.5.